The lowest BCUT2D eigenvalue weighted by Crippen LogP contribution is -2.28. The van der Waals surface area contributed by atoms with E-state index in [0.29, 0.717) is 17.3 Å². The predicted molar refractivity (Wildman–Crippen MR) is 111 cm³/mol. The zero-order valence-electron chi connectivity index (χ0n) is 14.9. The van der Waals surface area contributed by atoms with Gasteiger partial charge in [0.2, 0.25) is 0 Å². The molecule has 142 valence electrons. The summed E-state index contributed by atoms with van der Waals surface area (Å²) in [6.45, 7) is 2.35. The quantitative estimate of drug-likeness (QED) is 0.464. The van der Waals surface area contributed by atoms with Crippen molar-refractivity contribution in [3.05, 3.63) is 76.1 Å². The number of thiazole rings is 1. The summed E-state index contributed by atoms with van der Waals surface area (Å²) < 4.78 is 15.1. The largest absolute Gasteiger partial charge is 0.333 e. The van der Waals surface area contributed by atoms with E-state index < -0.39 is 0 Å². The molecule has 2 N–H and O–H groups in total. The minimum atomic E-state index is -0.328. The number of para-hydroxylation sites is 1. The second-order valence-corrected chi connectivity index (χ2v) is 7.65. The maximum atomic E-state index is 13.1. The van der Waals surface area contributed by atoms with Crippen molar-refractivity contribution < 1.29 is 9.18 Å². The Hall–Kier alpha value is -2.90. The number of aromatic nitrogens is 2. The summed E-state index contributed by atoms with van der Waals surface area (Å²) in [6.07, 6.45) is 1.92. The minimum absolute atomic E-state index is 0.274. The molecular formula is C20H16ClFN4OS. The maximum absolute atomic E-state index is 13.1. The molecule has 2 heterocycles. The van der Waals surface area contributed by atoms with Crippen LogP contribution in [0.2, 0.25) is 5.02 Å². The molecule has 0 saturated carbocycles. The molecule has 0 spiro atoms. The number of hydrogen-bond donors (Lipinski definition) is 2. The highest BCUT2D eigenvalue weighted by Gasteiger charge is 2.14. The molecular weight excluding hydrogens is 399 g/mol. The van der Waals surface area contributed by atoms with Crippen LogP contribution in [0.25, 0.3) is 16.2 Å². The first-order chi connectivity index (χ1) is 13.5. The van der Waals surface area contributed by atoms with Gasteiger partial charge in [-0.25, -0.2) is 14.2 Å². The molecule has 2 amide bonds. The Morgan fingerprint density at radius 1 is 1.21 bits per heavy atom. The predicted octanol–water partition coefficient (Wildman–Crippen LogP) is 5.49. The number of fused-ring (bicyclic) bond motifs is 1. The number of halogens is 2. The second kappa shape index (κ2) is 7.61. The van der Waals surface area contributed by atoms with Gasteiger partial charge in [0.1, 0.15) is 5.82 Å². The van der Waals surface area contributed by atoms with Gasteiger partial charge in [-0.2, -0.15) is 0 Å². The number of imidazole rings is 1. The molecule has 0 atom stereocenters. The van der Waals surface area contributed by atoms with Crippen molar-refractivity contribution >= 4 is 39.6 Å². The SMILES string of the molecule is Cc1c(CNC(=O)Nc2ccccc2Cl)sc2nc(-c3ccc(F)cc3)cn12. The van der Waals surface area contributed by atoms with Crippen LogP contribution in [0.4, 0.5) is 14.9 Å². The number of aryl methyl sites for hydroxylation is 1. The average molecular weight is 415 g/mol. The highest BCUT2D eigenvalue weighted by Crippen LogP contribution is 2.27. The Morgan fingerprint density at radius 3 is 2.68 bits per heavy atom. The van der Waals surface area contributed by atoms with Crippen LogP contribution in [0.15, 0.2) is 54.7 Å². The number of nitrogens with one attached hydrogen (secondary N) is 2. The summed E-state index contributed by atoms with van der Waals surface area (Å²) >= 11 is 7.55. The van der Waals surface area contributed by atoms with Crippen LogP contribution in [0.5, 0.6) is 0 Å². The van der Waals surface area contributed by atoms with Crippen LogP contribution >= 0.6 is 22.9 Å². The van der Waals surface area contributed by atoms with Crippen molar-refractivity contribution in [1.82, 2.24) is 14.7 Å². The van der Waals surface area contributed by atoms with Gasteiger partial charge < -0.3 is 10.6 Å². The summed E-state index contributed by atoms with van der Waals surface area (Å²) in [5.41, 5.74) is 3.20. The highest BCUT2D eigenvalue weighted by atomic mass is 35.5. The van der Waals surface area contributed by atoms with E-state index >= 15 is 0 Å². The van der Waals surface area contributed by atoms with Crippen LogP contribution in [-0.2, 0) is 6.54 Å². The van der Waals surface area contributed by atoms with E-state index in [2.05, 4.69) is 15.6 Å². The first kappa shape index (κ1) is 18.5. The number of urea groups is 1. The molecule has 2 aromatic carbocycles. The molecule has 8 heteroatoms. The molecule has 0 aliphatic heterocycles. The van der Waals surface area contributed by atoms with Crippen molar-refractivity contribution in [2.75, 3.05) is 5.32 Å². The fourth-order valence-corrected chi connectivity index (χ4v) is 4.03. The first-order valence-corrected chi connectivity index (χ1v) is 9.73. The van der Waals surface area contributed by atoms with E-state index in [1.807, 2.05) is 17.5 Å². The Balaban J connectivity index is 1.47. The van der Waals surface area contributed by atoms with Crippen LogP contribution in [0.3, 0.4) is 0 Å². The molecule has 5 nitrogen and oxygen atoms in total. The van der Waals surface area contributed by atoms with Gasteiger partial charge in [-0.1, -0.05) is 35.1 Å². The smallest absolute Gasteiger partial charge is 0.319 e. The normalized spacial score (nSPS) is 11.0. The van der Waals surface area contributed by atoms with E-state index in [1.54, 1.807) is 36.4 Å². The minimum Gasteiger partial charge on any atom is -0.333 e. The molecule has 4 aromatic rings. The molecule has 0 saturated heterocycles. The van der Waals surface area contributed by atoms with Gasteiger partial charge in [0.15, 0.2) is 4.96 Å². The third-order valence-corrected chi connectivity index (χ3v) is 5.81. The number of carbonyl (C=O) groups is 1. The molecule has 0 bridgehead atoms. The van der Waals surface area contributed by atoms with E-state index in [1.165, 1.54) is 23.5 Å². The Labute approximate surface area is 169 Å². The number of carbonyl (C=O) groups excluding carboxylic acids is 1. The number of anilines is 1. The number of rotatable bonds is 4. The van der Waals surface area contributed by atoms with Gasteiger partial charge >= 0.3 is 6.03 Å². The van der Waals surface area contributed by atoms with Gasteiger partial charge in [-0.3, -0.25) is 4.40 Å². The van der Waals surface area contributed by atoms with Crippen LogP contribution in [0, 0.1) is 12.7 Å². The topological polar surface area (TPSA) is 58.4 Å². The Bertz CT molecular complexity index is 1150. The number of nitrogens with zero attached hydrogens (tertiary/aromatic N) is 2. The van der Waals surface area contributed by atoms with Crippen LogP contribution in [-0.4, -0.2) is 15.4 Å². The molecule has 4 rings (SSSR count). The summed E-state index contributed by atoms with van der Waals surface area (Å²) in [5, 5.41) is 6.05. The molecule has 2 aromatic heterocycles. The molecule has 0 radical (unpaired) electrons. The van der Waals surface area contributed by atoms with Crippen molar-refractivity contribution in [1.29, 1.82) is 0 Å². The lowest BCUT2D eigenvalue weighted by Gasteiger charge is -2.08. The van der Waals surface area contributed by atoms with Gasteiger partial charge in [0, 0.05) is 22.3 Å². The van der Waals surface area contributed by atoms with E-state index in [4.69, 9.17) is 11.6 Å². The van der Waals surface area contributed by atoms with Gasteiger partial charge in [-0.15, -0.1) is 0 Å². The van der Waals surface area contributed by atoms with Crippen molar-refractivity contribution in [2.45, 2.75) is 13.5 Å². The number of benzene rings is 2. The molecule has 28 heavy (non-hydrogen) atoms. The van der Waals surface area contributed by atoms with Gasteiger partial charge in [-0.05, 0) is 43.3 Å². The van der Waals surface area contributed by atoms with Gasteiger partial charge in [0.25, 0.3) is 0 Å². The molecule has 0 fully saturated rings. The maximum Gasteiger partial charge on any atom is 0.319 e. The van der Waals surface area contributed by atoms with E-state index in [0.717, 1.165) is 26.8 Å². The Morgan fingerprint density at radius 2 is 1.96 bits per heavy atom. The fourth-order valence-electron chi connectivity index (χ4n) is 2.81. The fraction of sp³-hybridized carbons (Fsp3) is 0.100. The summed E-state index contributed by atoms with van der Waals surface area (Å²) in [7, 11) is 0. The van der Waals surface area contributed by atoms with Crippen molar-refractivity contribution in [3.63, 3.8) is 0 Å². The number of amides is 2. The zero-order valence-corrected chi connectivity index (χ0v) is 16.4. The third kappa shape index (κ3) is 3.72. The lowest BCUT2D eigenvalue weighted by atomic mass is 10.2. The Kier molecular flexibility index (Phi) is 5.02. The highest BCUT2D eigenvalue weighted by molar-refractivity contribution is 7.17. The first-order valence-electron chi connectivity index (χ1n) is 8.54. The van der Waals surface area contributed by atoms with E-state index in [9.17, 15) is 9.18 Å². The zero-order chi connectivity index (χ0) is 19.7. The van der Waals surface area contributed by atoms with E-state index in [-0.39, 0.29) is 11.8 Å². The van der Waals surface area contributed by atoms with Crippen LogP contribution < -0.4 is 10.6 Å². The second-order valence-electron chi connectivity index (χ2n) is 6.18. The molecule has 0 aliphatic carbocycles. The molecule has 0 unspecified atom stereocenters. The van der Waals surface area contributed by atoms with Crippen molar-refractivity contribution in [3.8, 4) is 11.3 Å². The average Bonchev–Trinajstić information content (AvgIpc) is 3.22. The standard InChI is InChI=1S/C20H16ClFN4OS/c1-12-18(10-23-19(27)24-16-5-3-2-4-15(16)21)28-20-25-17(11-26(12)20)13-6-8-14(22)9-7-13/h2-9,11H,10H2,1H3,(H2,23,24,27). The monoisotopic (exact) mass is 414 g/mol. The summed E-state index contributed by atoms with van der Waals surface area (Å²) in [6, 6.07) is 13.0. The lowest BCUT2D eigenvalue weighted by molar-refractivity contribution is 0.252. The van der Waals surface area contributed by atoms with Crippen LogP contribution in [0.1, 0.15) is 10.6 Å². The third-order valence-electron chi connectivity index (χ3n) is 4.32. The summed E-state index contributed by atoms with van der Waals surface area (Å²) in [4.78, 5) is 18.6. The molecule has 0 aliphatic rings. The van der Waals surface area contributed by atoms with Gasteiger partial charge in [0.05, 0.1) is 22.9 Å². The summed E-state index contributed by atoms with van der Waals surface area (Å²) in [5.74, 6) is -0.274. The van der Waals surface area contributed by atoms with Crippen molar-refractivity contribution in [2.24, 2.45) is 0 Å². The number of hydrogen-bond acceptors (Lipinski definition) is 3.